The molecule has 9 nitrogen and oxygen atoms in total. The summed E-state index contributed by atoms with van der Waals surface area (Å²) in [5.74, 6) is -1.15. The van der Waals surface area contributed by atoms with Crippen LogP contribution in [0.1, 0.15) is 23.6 Å². The second-order valence-corrected chi connectivity index (χ2v) is 8.24. The molecule has 3 aromatic rings. The lowest BCUT2D eigenvalue weighted by molar-refractivity contribution is -0.130. The molecule has 0 spiro atoms. The van der Waals surface area contributed by atoms with Crippen LogP contribution in [0.5, 0.6) is 0 Å². The molecule has 0 saturated carbocycles. The van der Waals surface area contributed by atoms with Crippen LogP contribution in [0.2, 0.25) is 0 Å². The SMILES string of the molecule is CON=C(C(=O)NN1C(=O)C(=Cc2ccccc2)N=C1c1ccccc1)c1csc(NC(C)=O)c1. The summed E-state index contributed by atoms with van der Waals surface area (Å²) in [5.41, 5.74) is 4.57. The molecule has 0 saturated heterocycles. The topological polar surface area (TPSA) is 112 Å². The van der Waals surface area contributed by atoms with Crippen LogP contribution < -0.4 is 10.7 Å². The Morgan fingerprint density at radius 1 is 1.09 bits per heavy atom. The molecule has 2 heterocycles. The predicted molar refractivity (Wildman–Crippen MR) is 135 cm³/mol. The minimum atomic E-state index is -0.683. The van der Waals surface area contributed by atoms with Gasteiger partial charge in [0, 0.05) is 23.4 Å². The van der Waals surface area contributed by atoms with Gasteiger partial charge in [0.2, 0.25) is 5.91 Å². The number of carbonyl (C=O) groups excluding carboxylic acids is 3. The standard InChI is InChI=1S/C25H21N5O4S/c1-16(31)26-21-14-19(15-35-21)22(29-34-2)24(32)28-30-23(18-11-7-4-8-12-18)27-20(25(30)33)13-17-9-5-3-6-10-17/h3-15H,1-2H3,(H,26,31)(H,28,32). The first-order chi connectivity index (χ1) is 17.0. The van der Waals surface area contributed by atoms with E-state index < -0.39 is 11.8 Å². The zero-order valence-corrected chi connectivity index (χ0v) is 19.7. The summed E-state index contributed by atoms with van der Waals surface area (Å²) in [4.78, 5) is 47.2. The Bertz CT molecular complexity index is 1350. The van der Waals surface area contributed by atoms with Gasteiger partial charge < -0.3 is 10.2 Å². The van der Waals surface area contributed by atoms with Gasteiger partial charge in [-0.3, -0.25) is 19.8 Å². The molecule has 0 radical (unpaired) electrons. The van der Waals surface area contributed by atoms with Gasteiger partial charge in [-0.15, -0.1) is 11.3 Å². The number of anilines is 1. The summed E-state index contributed by atoms with van der Waals surface area (Å²) in [5, 5.41) is 9.80. The molecule has 10 heteroatoms. The molecule has 1 aliphatic heterocycles. The smallest absolute Gasteiger partial charge is 0.297 e. The van der Waals surface area contributed by atoms with E-state index in [-0.39, 0.29) is 23.2 Å². The number of amides is 3. The number of aliphatic imine (C=N–C) groups is 1. The van der Waals surface area contributed by atoms with Crippen molar-refractivity contribution in [2.24, 2.45) is 10.1 Å². The highest BCUT2D eigenvalue weighted by Crippen LogP contribution is 2.23. The average Bonchev–Trinajstić information content (AvgIpc) is 3.43. The van der Waals surface area contributed by atoms with E-state index in [0.29, 0.717) is 16.1 Å². The molecule has 4 rings (SSSR count). The van der Waals surface area contributed by atoms with Crippen LogP contribution in [0.25, 0.3) is 6.08 Å². The Kier molecular flexibility index (Phi) is 7.12. The van der Waals surface area contributed by atoms with E-state index in [9.17, 15) is 14.4 Å². The number of nitrogens with zero attached hydrogens (tertiary/aromatic N) is 3. The molecule has 2 aromatic carbocycles. The van der Waals surface area contributed by atoms with Crippen molar-refractivity contribution in [3.05, 3.63) is 94.5 Å². The number of hydrazine groups is 1. The third-order valence-corrected chi connectivity index (χ3v) is 5.62. The number of oxime groups is 1. The fourth-order valence-corrected chi connectivity index (χ4v) is 4.11. The number of benzene rings is 2. The molecule has 1 aromatic heterocycles. The molecule has 0 fully saturated rings. The summed E-state index contributed by atoms with van der Waals surface area (Å²) >= 11 is 1.23. The maximum Gasteiger partial charge on any atom is 0.297 e. The summed E-state index contributed by atoms with van der Waals surface area (Å²) in [6.07, 6.45) is 1.65. The lowest BCUT2D eigenvalue weighted by atomic mass is 10.2. The summed E-state index contributed by atoms with van der Waals surface area (Å²) in [6, 6.07) is 20.0. The third kappa shape index (κ3) is 5.50. The number of hydrogen-bond donors (Lipinski definition) is 2. The van der Waals surface area contributed by atoms with Crippen LogP contribution in [0, 0.1) is 0 Å². The fraction of sp³-hybridized carbons (Fsp3) is 0.0800. The first-order valence-corrected chi connectivity index (χ1v) is 11.4. The van der Waals surface area contributed by atoms with Crippen molar-refractivity contribution in [2.45, 2.75) is 6.92 Å². The van der Waals surface area contributed by atoms with E-state index in [1.54, 1.807) is 29.7 Å². The van der Waals surface area contributed by atoms with Gasteiger partial charge in [0.05, 0.1) is 5.00 Å². The minimum Gasteiger partial charge on any atom is -0.398 e. The van der Waals surface area contributed by atoms with Gasteiger partial charge in [-0.25, -0.2) is 4.99 Å². The van der Waals surface area contributed by atoms with Crippen molar-refractivity contribution >= 4 is 51.7 Å². The minimum absolute atomic E-state index is 0.0685. The highest BCUT2D eigenvalue weighted by molar-refractivity contribution is 7.14. The van der Waals surface area contributed by atoms with Crippen molar-refractivity contribution in [2.75, 3.05) is 12.4 Å². The number of nitrogens with one attached hydrogen (secondary N) is 2. The van der Waals surface area contributed by atoms with Crippen molar-refractivity contribution in [1.29, 1.82) is 0 Å². The molecular weight excluding hydrogens is 466 g/mol. The first-order valence-electron chi connectivity index (χ1n) is 10.5. The van der Waals surface area contributed by atoms with Crippen LogP contribution >= 0.6 is 11.3 Å². The Labute approximate surface area is 205 Å². The Balaban J connectivity index is 1.65. The van der Waals surface area contributed by atoms with Gasteiger partial charge in [-0.1, -0.05) is 65.8 Å². The van der Waals surface area contributed by atoms with Gasteiger partial charge in [0.15, 0.2) is 11.5 Å². The number of thiophene rings is 1. The van der Waals surface area contributed by atoms with E-state index in [2.05, 4.69) is 20.9 Å². The van der Waals surface area contributed by atoms with Crippen LogP contribution in [-0.4, -0.2) is 41.4 Å². The second kappa shape index (κ2) is 10.6. The van der Waals surface area contributed by atoms with Crippen LogP contribution in [-0.2, 0) is 19.2 Å². The Hall–Kier alpha value is -4.57. The monoisotopic (exact) mass is 487 g/mol. The molecule has 0 atom stereocenters. The molecule has 1 aliphatic rings. The van der Waals surface area contributed by atoms with Crippen molar-refractivity contribution < 1.29 is 19.2 Å². The van der Waals surface area contributed by atoms with Crippen LogP contribution in [0.15, 0.2) is 88.0 Å². The number of rotatable bonds is 7. The quantitative estimate of drug-likeness (QED) is 0.302. The lowest BCUT2D eigenvalue weighted by Gasteiger charge is -2.19. The molecule has 35 heavy (non-hydrogen) atoms. The van der Waals surface area contributed by atoms with Gasteiger partial charge in [0.1, 0.15) is 12.8 Å². The summed E-state index contributed by atoms with van der Waals surface area (Å²) < 4.78 is 0. The van der Waals surface area contributed by atoms with E-state index in [1.807, 2.05) is 48.5 Å². The van der Waals surface area contributed by atoms with E-state index in [1.165, 1.54) is 25.4 Å². The zero-order valence-electron chi connectivity index (χ0n) is 18.9. The van der Waals surface area contributed by atoms with E-state index >= 15 is 0 Å². The van der Waals surface area contributed by atoms with Crippen molar-refractivity contribution in [3.8, 4) is 0 Å². The number of hydrogen-bond acceptors (Lipinski definition) is 7. The Morgan fingerprint density at radius 3 is 2.43 bits per heavy atom. The molecule has 3 amide bonds. The van der Waals surface area contributed by atoms with Gasteiger partial charge in [0.25, 0.3) is 11.8 Å². The Morgan fingerprint density at radius 2 is 1.77 bits per heavy atom. The molecule has 0 bridgehead atoms. The summed E-state index contributed by atoms with van der Waals surface area (Å²) in [6.45, 7) is 1.39. The third-order valence-electron chi connectivity index (χ3n) is 4.78. The number of amidine groups is 1. The van der Waals surface area contributed by atoms with Crippen LogP contribution in [0.4, 0.5) is 5.00 Å². The maximum atomic E-state index is 13.3. The highest BCUT2D eigenvalue weighted by atomic mass is 32.1. The van der Waals surface area contributed by atoms with Gasteiger partial charge in [-0.2, -0.15) is 5.01 Å². The molecule has 176 valence electrons. The van der Waals surface area contributed by atoms with E-state index in [4.69, 9.17) is 4.84 Å². The average molecular weight is 488 g/mol. The van der Waals surface area contributed by atoms with Gasteiger partial charge in [-0.05, 0) is 17.7 Å². The maximum absolute atomic E-state index is 13.3. The second-order valence-electron chi connectivity index (χ2n) is 7.33. The lowest BCUT2D eigenvalue weighted by Crippen LogP contribution is -2.49. The highest BCUT2D eigenvalue weighted by Gasteiger charge is 2.34. The van der Waals surface area contributed by atoms with Crippen LogP contribution in [0.3, 0.4) is 0 Å². The molecule has 0 unspecified atom stereocenters. The fourth-order valence-electron chi connectivity index (χ4n) is 3.28. The molecule has 2 N–H and O–H groups in total. The number of carbonyl (C=O) groups is 3. The first kappa shape index (κ1) is 23.6. The largest absolute Gasteiger partial charge is 0.398 e. The van der Waals surface area contributed by atoms with Crippen molar-refractivity contribution in [3.63, 3.8) is 0 Å². The predicted octanol–water partition coefficient (Wildman–Crippen LogP) is 3.42. The molecular formula is C25H21N5O4S. The van der Waals surface area contributed by atoms with E-state index in [0.717, 1.165) is 10.6 Å². The zero-order chi connectivity index (χ0) is 24.8. The van der Waals surface area contributed by atoms with Crippen molar-refractivity contribution in [1.82, 2.24) is 10.4 Å². The normalized spacial score (nSPS) is 14.6. The molecule has 0 aliphatic carbocycles. The van der Waals surface area contributed by atoms with Gasteiger partial charge >= 0.3 is 0 Å². The summed E-state index contributed by atoms with van der Waals surface area (Å²) in [7, 11) is 1.31.